The molecule has 0 saturated carbocycles. The Morgan fingerprint density at radius 3 is 2.87 bits per heavy atom. The number of rotatable bonds is 3. The molecule has 1 aromatic rings. The Balaban J connectivity index is 2.82. The first kappa shape index (κ1) is 11.9. The zero-order valence-electron chi connectivity index (χ0n) is 8.17. The van der Waals surface area contributed by atoms with Crippen LogP contribution < -0.4 is 5.73 Å². The van der Waals surface area contributed by atoms with Gasteiger partial charge in [-0.1, -0.05) is 17.7 Å². The lowest BCUT2D eigenvalue weighted by Gasteiger charge is -2.11. The first-order valence-corrected chi connectivity index (χ1v) is 4.69. The molecule has 0 heterocycles. The van der Waals surface area contributed by atoms with Gasteiger partial charge in [-0.15, -0.1) is 0 Å². The van der Waals surface area contributed by atoms with Gasteiger partial charge in [-0.05, 0) is 12.1 Å². The van der Waals surface area contributed by atoms with Gasteiger partial charge in [-0.2, -0.15) is 0 Å². The van der Waals surface area contributed by atoms with Crippen molar-refractivity contribution in [2.75, 3.05) is 7.11 Å². The second-order valence-electron chi connectivity index (χ2n) is 3.05. The molecule has 0 radical (unpaired) electrons. The monoisotopic (exact) mass is 231 g/mol. The number of nitrogens with two attached hydrogens (primary N) is 1. The van der Waals surface area contributed by atoms with Crippen LogP contribution in [0.25, 0.3) is 0 Å². The molecule has 0 aliphatic rings. The first-order chi connectivity index (χ1) is 7.04. The molecule has 1 aromatic carbocycles. The highest BCUT2D eigenvalue weighted by Gasteiger charge is 2.15. The summed E-state index contributed by atoms with van der Waals surface area (Å²) in [4.78, 5) is 10.9. The van der Waals surface area contributed by atoms with E-state index in [1.54, 1.807) is 0 Å². The molecule has 1 atom stereocenters. The number of carbonyl (C=O) groups is 1. The third-order valence-electron chi connectivity index (χ3n) is 1.98. The topological polar surface area (TPSA) is 52.3 Å². The van der Waals surface area contributed by atoms with Crippen molar-refractivity contribution < 1.29 is 13.9 Å². The smallest absolute Gasteiger partial charge is 0.307 e. The summed E-state index contributed by atoms with van der Waals surface area (Å²) in [5.41, 5.74) is 5.89. The van der Waals surface area contributed by atoms with E-state index in [4.69, 9.17) is 17.3 Å². The SMILES string of the molecule is COC(=O)C[C@H](N)c1ccc(Cl)cc1F. The second-order valence-corrected chi connectivity index (χ2v) is 3.49. The molecule has 82 valence electrons. The molecule has 2 N–H and O–H groups in total. The number of methoxy groups -OCH3 is 1. The molecule has 5 heteroatoms. The maximum atomic E-state index is 13.3. The van der Waals surface area contributed by atoms with Gasteiger partial charge in [-0.3, -0.25) is 4.79 Å². The molecule has 0 bridgehead atoms. The van der Waals surface area contributed by atoms with E-state index in [1.165, 1.54) is 19.2 Å². The zero-order chi connectivity index (χ0) is 11.4. The number of hydrogen-bond acceptors (Lipinski definition) is 3. The van der Waals surface area contributed by atoms with E-state index in [-0.39, 0.29) is 12.0 Å². The molecule has 0 saturated heterocycles. The van der Waals surface area contributed by atoms with Crippen LogP contribution in [0.5, 0.6) is 0 Å². The standard InChI is InChI=1S/C10H11ClFNO2/c1-15-10(14)5-9(13)7-3-2-6(11)4-8(7)12/h2-4,9H,5,13H2,1H3/t9-/m0/s1. The Morgan fingerprint density at radius 1 is 1.67 bits per heavy atom. The van der Waals surface area contributed by atoms with Gasteiger partial charge in [0.1, 0.15) is 5.82 Å². The van der Waals surface area contributed by atoms with E-state index in [2.05, 4.69) is 4.74 Å². The van der Waals surface area contributed by atoms with Crippen molar-refractivity contribution in [1.29, 1.82) is 0 Å². The maximum Gasteiger partial charge on any atom is 0.307 e. The van der Waals surface area contributed by atoms with Crippen molar-refractivity contribution >= 4 is 17.6 Å². The minimum Gasteiger partial charge on any atom is -0.469 e. The molecule has 1 rings (SSSR count). The molecule has 0 aromatic heterocycles. The van der Waals surface area contributed by atoms with E-state index in [9.17, 15) is 9.18 Å². The summed E-state index contributed by atoms with van der Waals surface area (Å²) < 4.78 is 17.8. The molecule has 0 aliphatic heterocycles. The summed E-state index contributed by atoms with van der Waals surface area (Å²) in [7, 11) is 1.26. The van der Waals surface area contributed by atoms with Crippen LogP contribution in [-0.4, -0.2) is 13.1 Å². The number of benzene rings is 1. The van der Waals surface area contributed by atoms with Crippen molar-refractivity contribution in [1.82, 2.24) is 0 Å². The van der Waals surface area contributed by atoms with Gasteiger partial charge in [0.25, 0.3) is 0 Å². The van der Waals surface area contributed by atoms with Gasteiger partial charge in [0, 0.05) is 16.6 Å². The van der Waals surface area contributed by atoms with Gasteiger partial charge >= 0.3 is 5.97 Å². The Hall–Kier alpha value is -1.13. The highest BCUT2D eigenvalue weighted by atomic mass is 35.5. The molecule has 3 nitrogen and oxygen atoms in total. The van der Waals surface area contributed by atoms with Crippen LogP contribution >= 0.6 is 11.6 Å². The fraction of sp³-hybridized carbons (Fsp3) is 0.300. The van der Waals surface area contributed by atoms with Crippen LogP contribution in [0.2, 0.25) is 5.02 Å². The van der Waals surface area contributed by atoms with Crippen molar-refractivity contribution in [3.8, 4) is 0 Å². The number of hydrogen-bond donors (Lipinski definition) is 1. The van der Waals surface area contributed by atoms with Crippen molar-refractivity contribution in [3.63, 3.8) is 0 Å². The zero-order valence-corrected chi connectivity index (χ0v) is 8.92. The predicted octanol–water partition coefficient (Wildman–Crippen LogP) is 2.04. The average Bonchev–Trinajstić information content (AvgIpc) is 2.17. The van der Waals surface area contributed by atoms with E-state index >= 15 is 0 Å². The first-order valence-electron chi connectivity index (χ1n) is 4.32. The summed E-state index contributed by atoms with van der Waals surface area (Å²) in [5, 5.41) is 0.293. The summed E-state index contributed by atoms with van der Waals surface area (Å²) in [6.07, 6.45) is -0.0605. The Bertz CT molecular complexity index is 370. The van der Waals surface area contributed by atoms with Crippen LogP contribution in [0.3, 0.4) is 0 Å². The van der Waals surface area contributed by atoms with E-state index < -0.39 is 17.8 Å². The van der Waals surface area contributed by atoms with E-state index in [0.717, 1.165) is 6.07 Å². The van der Waals surface area contributed by atoms with Crippen molar-refractivity contribution in [2.24, 2.45) is 5.73 Å². The van der Waals surface area contributed by atoms with Crippen LogP contribution in [0.4, 0.5) is 4.39 Å². The van der Waals surface area contributed by atoms with Gasteiger partial charge in [0.2, 0.25) is 0 Å². The van der Waals surface area contributed by atoms with Gasteiger partial charge in [-0.25, -0.2) is 4.39 Å². The second kappa shape index (κ2) is 5.09. The largest absolute Gasteiger partial charge is 0.469 e. The minimum atomic E-state index is -0.713. The Labute approximate surface area is 92.0 Å². The summed E-state index contributed by atoms with van der Waals surface area (Å²) in [6.45, 7) is 0. The quantitative estimate of drug-likeness (QED) is 0.810. The molecule has 0 spiro atoms. The average molecular weight is 232 g/mol. The molecular formula is C10H11ClFNO2. The number of esters is 1. The van der Waals surface area contributed by atoms with Crippen molar-refractivity contribution in [2.45, 2.75) is 12.5 Å². The molecule has 0 aliphatic carbocycles. The minimum absolute atomic E-state index is 0.0605. The molecule has 15 heavy (non-hydrogen) atoms. The molecular weight excluding hydrogens is 221 g/mol. The van der Waals surface area contributed by atoms with Crippen LogP contribution in [0.15, 0.2) is 18.2 Å². The van der Waals surface area contributed by atoms with Crippen LogP contribution in [0.1, 0.15) is 18.0 Å². The van der Waals surface area contributed by atoms with Gasteiger partial charge in [0.05, 0.1) is 13.5 Å². The lowest BCUT2D eigenvalue weighted by Crippen LogP contribution is -2.17. The van der Waals surface area contributed by atoms with Gasteiger partial charge < -0.3 is 10.5 Å². The van der Waals surface area contributed by atoms with E-state index in [0.29, 0.717) is 5.02 Å². The van der Waals surface area contributed by atoms with Crippen LogP contribution in [0, 0.1) is 5.82 Å². The number of ether oxygens (including phenoxy) is 1. The Kier molecular flexibility index (Phi) is 4.05. The lowest BCUT2D eigenvalue weighted by molar-refractivity contribution is -0.141. The molecule has 0 unspecified atom stereocenters. The van der Waals surface area contributed by atoms with Crippen molar-refractivity contribution in [3.05, 3.63) is 34.6 Å². The summed E-state index contributed by atoms with van der Waals surface area (Å²) in [5.74, 6) is -0.990. The number of carbonyl (C=O) groups excluding carboxylic acids is 1. The third kappa shape index (κ3) is 3.18. The fourth-order valence-corrected chi connectivity index (χ4v) is 1.33. The van der Waals surface area contributed by atoms with Crippen LogP contribution in [-0.2, 0) is 9.53 Å². The van der Waals surface area contributed by atoms with Gasteiger partial charge in [0.15, 0.2) is 0 Å². The maximum absolute atomic E-state index is 13.3. The normalized spacial score (nSPS) is 12.3. The summed E-state index contributed by atoms with van der Waals surface area (Å²) in [6, 6.07) is 3.44. The third-order valence-corrected chi connectivity index (χ3v) is 2.21. The summed E-state index contributed by atoms with van der Waals surface area (Å²) >= 11 is 5.58. The lowest BCUT2D eigenvalue weighted by atomic mass is 10.0. The Morgan fingerprint density at radius 2 is 2.33 bits per heavy atom. The highest BCUT2D eigenvalue weighted by Crippen LogP contribution is 2.21. The highest BCUT2D eigenvalue weighted by molar-refractivity contribution is 6.30. The fourth-order valence-electron chi connectivity index (χ4n) is 1.18. The molecule has 0 amide bonds. The number of halogens is 2. The predicted molar refractivity (Wildman–Crippen MR) is 55.0 cm³/mol. The van der Waals surface area contributed by atoms with E-state index in [1.807, 2.05) is 0 Å². The molecule has 0 fully saturated rings.